The maximum absolute atomic E-state index is 12.3. The van der Waals surface area contributed by atoms with Gasteiger partial charge in [0.15, 0.2) is 0 Å². The second-order valence-electron chi connectivity index (χ2n) is 5.83. The van der Waals surface area contributed by atoms with Crippen LogP contribution in [0.3, 0.4) is 0 Å². The number of nitrogens with one attached hydrogen (secondary N) is 1. The minimum atomic E-state index is -0.0983. The highest BCUT2D eigenvalue weighted by Crippen LogP contribution is 2.14. The summed E-state index contributed by atoms with van der Waals surface area (Å²) in [5, 5.41) is 2.93. The van der Waals surface area contributed by atoms with Crippen molar-refractivity contribution in [3.8, 4) is 0 Å². The molecule has 0 unspecified atom stereocenters. The van der Waals surface area contributed by atoms with Crippen molar-refractivity contribution in [1.29, 1.82) is 0 Å². The van der Waals surface area contributed by atoms with Crippen LogP contribution in [0.15, 0.2) is 47.1 Å². The van der Waals surface area contributed by atoms with Gasteiger partial charge in [0.05, 0.1) is 25.6 Å². The van der Waals surface area contributed by atoms with Gasteiger partial charge in [0, 0.05) is 18.8 Å². The number of amides is 2. The van der Waals surface area contributed by atoms with Gasteiger partial charge in [-0.15, -0.1) is 0 Å². The van der Waals surface area contributed by atoms with E-state index in [0.29, 0.717) is 32.9 Å². The Morgan fingerprint density at radius 3 is 3.04 bits per heavy atom. The summed E-state index contributed by atoms with van der Waals surface area (Å²) >= 11 is 0. The molecule has 1 N–H and O–H groups in total. The number of morpholine rings is 1. The fourth-order valence-corrected chi connectivity index (χ4v) is 2.61. The number of ether oxygens (including phenoxy) is 2. The van der Waals surface area contributed by atoms with Crippen molar-refractivity contribution in [2.45, 2.75) is 26.2 Å². The van der Waals surface area contributed by atoms with Crippen LogP contribution >= 0.6 is 0 Å². The molecule has 0 spiro atoms. The van der Waals surface area contributed by atoms with Crippen molar-refractivity contribution in [2.24, 2.45) is 0 Å². The van der Waals surface area contributed by atoms with E-state index < -0.39 is 0 Å². The number of urea groups is 1. The highest BCUT2D eigenvalue weighted by Gasteiger charge is 2.21. The average Bonchev–Trinajstić information content (AvgIpc) is 3.09. The van der Waals surface area contributed by atoms with Gasteiger partial charge in [0.1, 0.15) is 12.4 Å². The van der Waals surface area contributed by atoms with Gasteiger partial charge in [-0.05, 0) is 36.8 Å². The number of nitrogens with zero attached hydrogens (tertiary/aromatic N) is 1. The lowest BCUT2D eigenvalue weighted by Gasteiger charge is -2.31. The molecule has 1 aromatic heterocycles. The molecule has 0 radical (unpaired) electrons. The maximum atomic E-state index is 12.3. The first kappa shape index (κ1) is 16.5. The van der Waals surface area contributed by atoms with E-state index in [1.165, 1.54) is 0 Å². The SMILES string of the molecule is C[C@H]1CN(C(=O)Nc2cccc(COCc3ccco3)c2)CCO1. The van der Waals surface area contributed by atoms with Crippen LogP contribution in [-0.4, -0.2) is 36.7 Å². The van der Waals surface area contributed by atoms with Crippen molar-refractivity contribution in [1.82, 2.24) is 4.90 Å². The molecule has 1 aliphatic heterocycles. The van der Waals surface area contributed by atoms with Crippen molar-refractivity contribution < 1.29 is 18.7 Å². The Kier molecular flexibility index (Phi) is 5.51. The van der Waals surface area contributed by atoms with Gasteiger partial charge in [0.25, 0.3) is 0 Å². The predicted molar refractivity (Wildman–Crippen MR) is 89.6 cm³/mol. The van der Waals surface area contributed by atoms with E-state index in [1.54, 1.807) is 11.2 Å². The first-order valence-corrected chi connectivity index (χ1v) is 8.07. The van der Waals surface area contributed by atoms with Gasteiger partial charge in [-0.3, -0.25) is 0 Å². The number of hydrogen-bond acceptors (Lipinski definition) is 4. The number of anilines is 1. The van der Waals surface area contributed by atoms with Gasteiger partial charge in [-0.25, -0.2) is 4.79 Å². The van der Waals surface area contributed by atoms with E-state index in [-0.39, 0.29) is 12.1 Å². The Morgan fingerprint density at radius 1 is 1.33 bits per heavy atom. The van der Waals surface area contributed by atoms with Gasteiger partial charge >= 0.3 is 6.03 Å². The number of furan rings is 1. The van der Waals surface area contributed by atoms with Crippen LogP contribution in [0.4, 0.5) is 10.5 Å². The van der Waals surface area contributed by atoms with E-state index in [9.17, 15) is 4.79 Å². The van der Waals surface area contributed by atoms with Crippen LogP contribution in [0.5, 0.6) is 0 Å². The third-order valence-electron chi connectivity index (χ3n) is 3.80. The molecule has 3 rings (SSSR count). The molecule has 1 saturated heterocycles. The molecule has 0 saturated carbocycles. The molecule has 1 atom stereocenters. The summed E-state index contributed by atoms with van der Waals surface area (Å²) in [6.07, 6.45) is 1.70. The second-order valence-corrected chi connectivity index (χ2v) is 5.83. The molecule has 0 aliphatic carbocycles. The van der Waals surface area contributed by atoms with E-state index >= 15 is 0 Å². The monoisotopic (exact) mass is 330 g/mol. The molecule has 1 aliphatic rings. The summed E-state index contributed by atoms with van der Waals surface area (Å²) < 4.78 is 16.3. The quantitative estimate of drug-likeness (QED) is 0.914. The zero-order valence-corrected chi connectivity index (χ0v) is 13.7. The summed E-state index contributed by atoms with van der Waals surface area (Å²) in [5.74, 6) is 0.792. The molecule has 2 heterocycles. The number of carbonyl (C=O) groups is 1. The predicted octanol–water partition coefficient (Wildman–Crippen LogP) is 3.25. The van der Waals surface area contributed by atoms with E-state index in [2.05, 4.69) is 5.32 Å². The van der Waals surface area contributed by atoms with Crippen molar-refractivity contribution in [2.75, 3.05) is 25.0 Å². The highest BCUT2D eigenvalue weighted by molar-refractivity contribution is 5.89. The zero-order chi connectivity index (χ0) is 16.8. The van der Waals surface area contributed by atoms with Gasteiger partial charge in [-0.1, -0.05) is 12.1 Å². The van der Waals surface area contributed by atoms with Gasteiger partial charge in [-0.2, -0.15) is 0 Å². The summed E-state index contributed by atoms with van der Waals surface area (Å²) in [6, 6.07) is 11.3. The minimum Gasteiger partial charge on any atom is -0.467 e. The molecule has 128 valence electrons. The van der Waals surface area contributed by atoms with Crippen LogP contribution < -0.4 is 5.32 Å². The first-order valence-electron chi connectivity index (χ1n) is 8.07. The number of benzene rings is 1. The molecule has 1 fully saturated rings. The zero-order valence-electron chi connectivity index (χ0n) is 13.7. The standard InChI is InChI=1S/C18H22N2O4/c1-14-11-20(7-9-23-14)18(21)19-16-5-2-4-15(10-16)12-22-13-17-6-3-8-24-17/h2-6,8,10,14H,7,9,11-13H2,1H3,(H,19,21)/t14-/m0/s1. The Morgan fingerprint density at radius 2 is 2.25 bits per heavy atom. The average molecular weight is 330 g/mol. The topological polar surface area (TPSA) is 63.9 Å². The molecule has 6 nitrogen and oxygen atoms in total. The lowest BCUT2D eigenvalue weighted by Crippen LogP contribution is -2.46. The molecule has 24 heavy (non-hydrogen) atoms. The lowest BCUT2D eigenvalue weighted by molar-refractivity contribution is -0.00138. The summed E-state index contributed by atoms with van der Waals surface area (Å²) in [5.41, 5.74) is 1.76. The van der Waals surface area contributed by atoms with Crippen molar-refractivity contribution in [3.05, 3.63) is 54.0 Å². The molecular weight excluding hydrogens is 308 g/mol. The summed E-state index contributed by atoms with van der Waals surface area (Å²) in [4.78, 5) is 14.1. The summed E-state index contributed by atoms with van der Waals surface area (Å²) in [7, 11) is 0. The normalized spacial score (nSPS) is 17.7. The van der Waals surface area contributed by atoms with E-state index in [0.717, 1.165) is 17.0 Å². The largest absolute Gasteiger partial charge is 0.467 e. The lowest BCUT2D eigenvalue weighted by atomic mass is 10.2. The van der Waals surface area contributed by atoms with Crippen LogP contribution in [0, 0.1) is 0 Å². The number of carbonyl (C=O) groups excluding carboxylic acids is 1. The Bertz CT molecular complexity index is 657. The molecular formula is C18H22N2O4. The van der Waals surface area contributed by atoms with Crippen LogP contribution in [0.1, 0.15) is 18.2 Å². The van der Waals surface area contributed by atoms with E-state index in [1.807, 2.05) is 43.3 Å². The third-order valence-corrected chi connectivity index (χ3v) is 3.80. The minimum absolute atomic E-state index is 0.0748. The second kappa shape index (κ2) is 7.99. The summed E-state index contributed by atoms with van der Waals surface area (Å²) in [6.45, 7) is 4.65. The Balaban J connectivity index is 1.51. The smallest absolute Gasteiger partial charge is 0.322 e. The van der Waals surface area contributed by atoms with Crippen LogP contribution in [0.25, 0.3) is 0 Å². The number of hydrogen-bond donors (Lipinski definition) is 1. The van der Waals surface area contributed by atoms with Crippen LogP contribution in [0.2, 0.25) is 0 Å². The fourth-order valence-electron chi connectivity index (χ4n) is 2.61. The first-order chi connectivity index (χ1) is 11.7. The number of rotatable bonds is 5. The molecule has 2 amide bonds. The molecule has 1 aromatic carbocycles. The van der Waals surface area contributed by atoms with Gasteiger partial charge in [0.2, 0.25) is 0 Å². The van der Waals surface area contributed by atoms with Crippen molar-refractivity contribution in [3.63, 3.8) is 0 Å². The molecule has 0 bridgehead atoms. The molecule has 6 heteroatoms. The van der Waals surface area contributed by atoms with Crippen molar-refractivity contribution >= 4 is 11.7 Å². The molecule has 2 aromatic rings. The fraction of sp³-hybridized carbons (Fsp3) is 0.389. The third kappa shape index (κ3) is 4.59. The van der Waals surface area contributed by atoms with Gasteiger partial charge < -0.3 is 24.1 Å². The Hall–Kier alpha value is -2.31. The highest BCUT2D eigenvalue weighted by atomic mass is 16.5. The van der Waals surface area contributed by atoms with E-state index in [4.69, 9.17) is 13.9 Å². The Labute approximate surface area is 141 Å². The maximum Gasteiger partial charge on any atom is 0.322 e. The van der Waals surface area contributed by atoms with Crippen LogP contribution in [-0.2, 0) is 22.7 Å².